The third-order valence-corrected chi connectivity index (χ3v) is 5.84. The van der Waals surface area contributed by atoms with Crippen LogP contribution in [0.1, 0.15) is 24.3 Å². The van der Waals surface area contributed by atoms with Crippen molar-refractivity contribution in [3.05, 3.63) is 58.9 Å². The summed E-state index contributed by atoms with van der Waals surface area (Å²) in [5.41, 5.74) is 1.66. The molecule has 3 unspecified atom stereocenters. The molecule has 0 spiro atoms. The third kappa shape index (κ3) is 4.81. The molecule has 164 valence electrons. The zero-order valence-electron chi connectivity index (χ0n) is 16.7. The molecule has 2 aliphatic heterocycles. The Balaban J connectivity index is 1.40. The summed E-state index contributed by atoms with van der Waals surface area (Å²) in [6, 6.07) is 10.0. The van der Waals surface area contributed by atoms with Crippen LogP contribution in [0.25, 0.3) is 0 Å². The number of nitrogens with one attached hydrogen (secondary N) is 2. The molecule has 7 nitrogen and oxygen atoms in total. The van der Waals surface area contributed by atoms with Crippen LogP contribution in [-0.4, -0.2) is 48.9 Å². The van der Waals surface area contributed by atoms with Crippen molar-refractivity contribution in [2.24, 2.45) is 0 Å². The lowest BCUT2D eigenvalue weighted by Crippen LogP contribution is -2.53. The van der Waals surface area contributed by atoms with E-state index in [1.54, 1.807) is 4.90 Å². The van der Waals surface area contributed by atoms with E-state index in [4.69, 9.17) is 16.3 Å². The van der Waals surface area contributed by atoms with Crippen LogP contribution in [0.2, 0.25) is 5.02 Å². The molecule has 3 amide bonds. The van der Waals surface area contributed by atoms with Gasteiger partial charge in [0.15, 0.2) is 0 Å². The maximum absolute atomic E-state index is 13.9. The van der Waals surface area contributed by atoms with Gasteiger partial charge in [-0.25, -0.2) is 9.18 Å². The van der Waals surface area contributed by atoms with Gasteiger partial charge in [0, 0.05) is 23.2 Å². The molecule has 0 bridgehead atoms. The van der Waals surface area contributed by atoms with Gasteiger partial charge in [-0.1, -0.05) is 23.7 Å². The average molecular weight is 448 g/mol. The lowest BCUT2D eigenvalue weighted by atomic mass is 9.95. The van der Waals surface area contributed by atoms with Crippen molar-refractivity contribution in [2.75, 3.05) is 30.0 Å². The molecule has 4 rings (SSSR count). The summed E-state index contributed by atoms with van der Waals surface area (Å²) in [4.78, 5) is 26.9. The number of carbonyl (C=O) groups is 2. The standard InChI is InChI=1S/C22H23ClFN3O4/c23-14-5-8-18(17(24)10-14)25-22(30)26-19-2-1-9-27(21(19)29)15-6-3-13(4-7-15)16-11-31-12-20(16)28/h3-8,10,16,19-20,28H,1-2,9,11-12H2,(H2,25,26,30). The monoisotopic (exact) mass is 447 g/mol. The number of benzene rings is 2. The average Bonchev–Trinajstić information content (AvgIpc) is 3.18. The first kappa shape index (κ1) is 21.5. The zero-order valence-corrected chi connectivity index (χ0v) is 17.4. The smallest absolute Gasteiger partial charge is 0.319 e. The number of carbonyl (C=O) groups excluding carboxylic acids is 2. The van der Waals surface area contributed by atoms with E-state index in [0.29, 0.717) is 32.6 Å². The number of hydrogen-bond donors (Lipinski definition) is 3. The van der Waals surface area contributed by atoms with Gasteiger partial charge in [-0.05, 0) is 48.7 Å². The van der Waals surface area contributed by atoms with Crippen molar-refractivity contribution in [1.29, 1.82) is 0 Å². The molecule has 2 aromatic carbocycles. The molecule has 9 heteroatoms. The molecule has 31 heavy (non-hydrogen) atoms. The maximum Gasteiger partial charge on any atom is 0.319 e. The Morgan fingerprint density at radius 1 is 1.19 bits per heavy atom. The number of amides is 3. The molecular weight excluding hydrogens is 425 g/mol. The van der Waals surface area contributed by atoms with Crippen molar-refractivity contribution in [2.45, 2.75) is 30.9 Å². The highest BCUT2D eigenvalue weighted by molar-refractivity contribution is 6.30. The Kier molecular flexibility index (Phi) is 6.41. The third-order valence-electron chi connectivity index (χ3n) is 5.61. The van der Waals surface area contributed by atoms with Gasteiger partial charge in [0.1, 0.15) is 11.9 Å². The van der Waals surface area contributed by atoms with Gasteiger partial charge < -0.3 is 25.4 Å². The summed E-state index contributed by atoms with van der Waals surface area (Å²) in [5, 5.41) is 15.3. The highest BCUT2D eigenvalue weighted by atomic mass is 35.5. The van der Waals surface area contributed by atoms with Crippen molar-refractivity contribution in [3.8, 4) is 0 Å². The SMILES string of the molecule is O=C(Nc1ccc(Cl)cc1F)NC1CCCN(c2ccc(C3COCC3O)cc2)C1=O. The second kappa shape index (κ2) is 9.21. The van der Waals surface area contributed by atoms with Crippen molar-refractivity contribution in [3.63, 3.8) is 0 Å². The predicted octanol–water partition coefficient (Wildman–Crippen LogP) is 3.27. The number of piperidine rings is 1. The fourth-order valence-corrected chi connectivity index (χ4v) is 4.09. The number of hydrogen-bond acceptors (Lipinski definition) is 4. The topological polar surface area (TPSA) is 90.9 Å². The minimum absolute atomic E-state index is 0.0179. The summed E-state index contributed by atoms with van der Waals surface area (Å²) < 4.78 is 19.2. The number of anilines is 2. The Hall–Kier alpha value is -2.68. The molecule has 0 radical (unpaired) electrons. The Bertz CT molecular complexity index is 972. The number of nitrogens with zero attached hydrogens (tertiary/aromatic N) is 1. The normalized spacial score (nSPS) is 23.6. The van der Waals surface area contributed by atoms with Crippen molar-refractivity contribution >= 4 is 34.9 Å². The molecular formula is C22H23ClFN3O4. The minimum Gasteiger partial charge on any atom is -0.390 e. The predicted molar refractivity (Wildman–Crippen MR) is 115 cm³/mol. The largest absolute Gasteiger partial charge is 0.390 e. The molecule has 2 fully saturated rings. The molecule has 0 aliphatic carbocycles. The Morgan fingerprint density at radius 2 is 1.97 bits per heavy atom. The van der Waals surface area contributed by atoms with Crippen LogP contribution in [-0.2, 0) is 9.53 Å². The number of urea groups is 1. The van der Waals surface area contributed by atoms with E-state index in [1.807, 2.05) is 24.3 Å². The first-order valence-corrected chi connectivity index (χ1v) is 10.5. The second-order valence-electron chi connectivity index (χ2n) is 7.71. The lowest BCUT2D eigenvalue weighted by Gasteiger charge is -2.33. The van der Waals surface area contributed by atoms with Crippen LogP contribution >= 0.6 is 11.6 Å². The van der Waals surface area contributed by atoms with E-state index >= 15 is 0 Å². The van der Waals surface area contributed by atoms with Gasteiger partial charge in [-0.3, -0.25) is 4.79 Å². The molecule has 2 heterocycles. The van der Waals surface area contributed by atoms with E-state index in [2.05, 4.69) is 10.6 Å². The number of halogens is 2. The minimum atomic E-state index is -0.714. The quantitative estimate of drug-likeness (QED) is 0.671. The molecule has 2 saturated heterocycles. The summed E-state index contributed by atoms with van der Waals surface area (Å²) in [6.45, 7) is 1.34. The van der Waals surface area contributed by atoms with Crippen molar-refractivity contribution in [1.82, 2.24) is 5.32 Å². The van der Waals surface area contributed by atoms with Gasteiger partial charge in [0.2, 0.25) is 5.91 Å². The van der Waals surface area contributed by atoms with Gasteiger partial charge in [0.25, 0.3) is 0 Å². The number of aliphatic hydroxyl groups is 1. The van der Waals surface area contributed by atoms with Gasteiger partial charge >= 0.3 is 6.03 Å². The van der Waals surface area contributed by atoms with E-state index < -0.39 is 24.0 Å². The van der Waals surface area contributed by atoms with E-state index in [-0.39, 0.29) is 22.5 Å². The van der Waals surface area contributed by atoms with Crippen LogP contribution < -0.4 is 15.5 Å². The second-order valence-corrected chi connectivity index (χ2v) is 8.15. The van der Waals surface area contributed by atoms with Crippen LogP contribution in [0.5, 0.6) is 0 Å². The Morgan fingerprint density at radius 3 is 2.65 bits per heavy atom. The number of aliphatic hydroxyl groups excluding tert-OH is 1. The van der Waals surface area contributed by atoms with E-state index in [9.17, 15) is 19.1 Å². The van der Waals surface area contributed by atoms with Crippen LogP contribution in [0.3, 0.4) is 0 Å². The number of rotatable bonds is 4. The van der Waals surface area contributed by atoms with Gasteiger partial charge in [0.05, 0.1) is 25.0 Å². The maximum atomic E-state index is 13.9. The first-order chi connectivity index (χ1) is 14.9. The van der Waals surface area contributed by atoms with Gasteiger partial charge in [-0.2, -0.15) is 0 Å². The van der Waals surface area contributed by atoms with Crippen LogP contribution in [0, 0.1) is 5.82 Å². The fourth-order valence-electron chi connectivity index (χ4n) is 3.94. The summed E-state index contributed by atoms with van der Waals surface area (Å²) >= 11 is 5.72. The zero-order chi connectivity index (χ0) is 22.0. The van der Waals surface area contributed by atoms with E-state index in [1.165, 1.54) is 12.1 Å². The first-order valence-electron chi connectivity index (χ1n) is 10.1. The summed E-state index contributed by atoms with van der Waals surface area (Å²) in [6.07, 6.45) is 0.679. The van der Waals surface area contributed by atoms with E-state index in [0.717, 1.165) is 17.3 Å². The highest BCUT2D eigenvalue weighted by Crippen LogP contribution is 2.29. The Labute approximate surface area is 184 Å². The van der Waals surface area contributed by atoms with Gasteiger partial charge in [-0.15, -0.1) is 0 Å². The fraction of sp³-hybridized carbons (Fsp3) is 0.364. The molecule has 0 saturated carbocycles. The summed E-state index contributed by atoms with van der Waals surface area (Å²) in [7, 11) is 0. The molecule has 2 aromatic rings. The number of ether oxygens (including phenoxy) is 1. The van der Waals surface area contributed by atoms with Crippen LogP contribution in [0.4, 0.5) is 20.6 Å². The molecule has 0 aromatic heterocycles. The molecule has 3 atom stereocenters. The summed E-state index contributed by atoms with van der Waals surface area (Å²) in [5.74, 6) is -0.954. The van der Waals surface area contributed by atoms with Crippen molar-refractivity contribution < 1.29 is 23.8 Å². The lowest BCUT2D eigenvalue weighted by molar-refractivity contribution is -0.121. The van der Waals surface area contributed by atoms with Crippen LogP contribution in [0.15, 0.2) is 42.5 Å². The highest BCUT2D eigenvalue weighted by Gasteiger charge is 2.32. The molecule has 2 aliphatic rings. The molecule has 3 N–H and O–H groups in total.